The van der Waals surface area contributed by atoms with Crippen molar-refractivity contribution in [2.75, 3.05) is 7.11 Å². The first-order valence-electron chi connectivity index (χ1n) is 6.21. The van der Waals surface area contributed by atoms with Crippen molar-refractivity contribution in [2.45, 2.75) is 38.7 Å². The van der Waals surface area contributed by atoms with Crippen LogP contribution < -0.4 is 0 Å². The van der Waals surface area contributed by atoms with E-state index in [4.69, 9.17) is 9.84 Å². The molecule has 0 saturated heterocycles. The molecule has 0 saturated carbocycles. The zero-order chi connectivity index (χ0) is 13.3. The largest absolute Gasteiger partial charge is 0.481 e. The van der Waals surface area contributed by atoms with Gasteiger partial charge in [0, 0.05) is 12.8 Å². The molecule has 1 aromatic heterocycles. The lowest BCUT2D eigenvalue weighted by molar-refractivity contribution is -0.142. The van der Waals surface area contributed by atoms with Crippen LogP contribution in [0.4, 0.5) is 0 Å². The van der Waals surface area contributed by atoms with Gasteiger partial charge in [-0.2, -0.15) is 0 Å². The van der Waals surface area contributed by atoms with Gasteiger partial charge < -0.3 is 9.84 Å². The second-order valence-electron chi connectivity index (χ2n) is 5.29. The molecule has 1 atom stereocenters. The van der Waals surface area contributed by atoms with E-state index in [-0.39, 0.29) is 5.92 Å². The Kier molecular flexibility index (Phi) is 3.39. The number of pyridine rings is 1. The van der Waals surface area contributed by atoms with Crippen LogP contribution in [0.5, 0.6) is 0 Å². The minimum absolute atomic E-state index is 0.263. The highest BCUT2D eigenvalue weighted by atomic mass is 16.5. The Morgan fingerprint density at radius 3 is 2.83 bits per heavy atom. The number of methoxy groups -OCH3 is 1. The molecule has 0 radical (unpaired) electrons. The predicted octanol–water partition coefficient (Wildman–Crippen LogP) is 2.15. The van der Waals surface area contributed by atoms with Crippen LogP contribution in [0.3, 0.4) is 0 Å². The summed E-state index contributed by atoms with van der Waals surface area (Å²) in [5, 5.41) is 9.05. The first-order chi connectivity index (χ1) is 8.44. The summed E-state index contributed by atoms with van der Waals surface area (Å²) in [6.45, 7) is 3.95. The Balaban J connectivity index is 2.28. The molecule has 0 aromatic carbocycles. The molecule has 18 heavy (non-hydrogen) atoms. The van der Waals surface area contributed by atoms with Crippen LogP contribution in [0.2, 0.25) is 0 Å². The molecule has 1 aliphatic carbocycles. The number of nitrogens with zero attached hydrogens (tertiary/aromatic N) is 1. The maximum Gasteiger partial charge on any atom is 0.306 e. The van der Waals surface area contributed by atoms with Crippen molar-refractivity contribution in [2.24, 2.45) is 5.92 Å². The van der Waals surface area contributed by atoms with E-state index in [1.54, 1.807) is 7.11 Å². The fourth-order valence-corrected chi connectivity index (χ4v) is 2.26. The van der Waals surface area contributed by atoms with Gasteiger partial charge >= 0.3 is 5.97 Å². The Hall–Kier alpha value is -1.42. The molecule has 0 fully saturated rings. The lowest BCUT2D eigenvalue weighted by Crippen LogP contribution is -2.26. The zero-order valence-electron chi connectivity index (χ0n) is 11.1. The van der Waals surface area contributed by atoms with Crippen molar-refractivity contribution in [3.05, 3.63) is 29.1 Å². The van der Waals surface area contributed by atoms with Gasteiger partial charge in [0.15, 0.2) is 0 Å². The molecule has 4 heteroatoms. The second kappa shape index (κ2) is 4.69. The SMILES string of the molecule is COC(C)(C)c1ccc2c(n1)CCC(C(=O)O)C2. The third-order valence-electron chi connectivity index (χ3n) is 3.74. The third-order valence-corrected chi connectivity index (χ3v) is 3.74. The molecular formula is C14H19NO3. The van der Waals surface area contributed by atoms with Gasteiger partial charge in [-0.15, -0.1) is 0 Å². The smallest absolute Gasteiger partial charge is 0.306 e. The Labute approximate surface area is 107 Å². The fraction of sp³-hybridized carbons (Fsp3) is 0.571. The van der Waals surface area contributed by atoms with Crippen LogP contribution in [0.25, 0.3) is 0 Å². The van der Waals surface area contributed by atoms with E-state index in [0.717, 1.165) is 23.4 Å². The second-order valence-corrected chi connectivity index (χ2v) is 5.29. The van der Waals surface area contributed by atoms with Gasteiger partial charge in [-0.3, -0.25) is 9.78 Å². The molecule has 0 aliphatic heterocycles. The summed E-state index contributed by atoms with van der Waals surface area (Å²) in [6, 6.07) is 3.93. The highest BCUT2D eigenvalue weighted by Crippen LogP contribution is 2.28. The summed E-state index contributed by atoms with van der Waals surface area (Å²) < 4.78 is 5.42. The van der Waals surface area contributed by atoms with Crippen molar-refractivity contribution in [3.63, 3.8) is 0 Å². The Bertz CT molecular complexity index is 468. The summed E-state index contributed by atoms with van der Waals surface area (Å²) in [7, 11) is 1.67. The van der Waals surface area contributed by atoms with Crippen LogP contribution in [-0.4, -0.2) is 23.2 Å². The summed E-state index contributed by atoms with van der Waals surface area (Å²) in [4.78, 5) is 15.6. The molecule has 0 bridgehead atoms. The number of aryl methyl sites for hydroxylation is 1. The number of carboxylic acids is 1. The maximum absolute atomic E-state index is 11.0. The molecule has 0 spiro atoms. The van der Waals surface area contributed by atoms with Crippen LogP contribution in [0, 0.1) is 5.92 Å². The molecule has 1 heterocycles. The van der Waals surface area contributed by atoms with E-state index in [2.05, 4.69) is 4.98 Å². The zero-order valence-corrected chi connectivity index (χ0v) is 11.1. The van der Waals surface area contributed by atoms with Crippen molar-refractivity contribution < 1.29 is 14.6 Å². The van der Waals surface area contributed by atoms with Gasteiger partial charge in [0.1, 0.15) is 5.60 Å². The Morgan fingerprint density at radius 1 is 1.50 bits per heavy atom. The normalized spacial score (nSPS) is 19.4. The molecule has 1 aromatic rings. The highest BCUT2D eigenvalue weighted by molar-refractivity contribution is 5.70. The van der Waals surface area contributed by atoms with E-state index < -0.39 is 11.6 Å². The van der Waals surface area contributed by atoms with E-state index in [1.807, 2.05) is 26.0 Å². The summed E-state index contributed by atoms with van der Waals surface area (Å²) in [5.74, 6) is -0.970. The summed E-state index contributed by atoms with van der Waals surface area (Å²) in [5.41, 5.74) is 2.58. The first kappa shape index (κ1) is 13.0. The molecule has 1 N–H and O–H groups in total. The van der Waals surface area contributed by atoms with Crippen molar-refractivity contribution in [1.82, 2.24) is 4.98 Å². The summed E-state index contributed by atoms with van der Waals surface area (Å²) in [6.07, 6.45) is 2.00. The van der Waals surface area contributed by atoms with Crippen LogP contribution in [-0.2, 0) is 28.0 Å². The van der Waals surface area contributed by atoms with Gasteiger partial charge in [0.25, 0.3) is 0 Å². The molecule has 2 rings (SSSR count). The van der Waals surface area contributed by atoms with Gasteiger partial charge in [-0.05, 0) is 44.7 Å². The molecule has 1 aliphatic rings. The van der Waals surface area contributed by atoms with Crippen LogP contribution in [0.15, 0.2) is 12.1 Å². The number of ether oxygens (including phenoxy) is 1. The van der Waals surface area contributed by atoms with Crippen molar-refractivity contribution >= 4 is 5.97 Å². The van der Waals surface area contributed by atoms with E-state index in [0.29, 0.717) is 12.8 Å². The number of carbonyl (C=O) groups is 1. The lowest BCUT2D eigenvalue weighted by atomic mass is 9.86. The number of rotatable bonds is 3. The van der Waals surface area contributed by atoms with Crippen LogP contribution in [0.1, 0.15) is 37.2 Å². The number of aliphatic carboxylic acids is 1. The number of fused-ring (bicyclic) bond motifs is 1. The molecular weight excluding hydrogens is 230 g/mol. The van der Waals surface area contributed by atoms with E-state index >= 15 is 0 Å². The van der Waals surface area contributed by atoms with Crippen LogP contribution >= 0.6 is 0 Å². The van der Waals surface area contributed by atoms with Gasteiger partial charge in [0.2, 0.25) is 0 Å². The summed E-state index contributed by atoms with van der Waals surface area (Å²) >= 11 is 0. The van der Waals surface area contributed by atoms with Gasteiger partial charge in [-0.25, -0.2) is 0 Å². The number of hydrogen-bond donors (Lipinski definition) is 1. The third kappa shape index (κ3) is 2.38. The standard InChI is InChI=1S/C14H19NO3/c1-14(2,18-3)12-7-5-9-8-10(13(16)17)4-6-11(9)15-12/h5,7,10H,4,6,8H2,1-3H3,(H,16,17). The van der Waals surface area contributed by atoms with Crippen molar-refractivity contribution in [3.8, 4) is 0 Å². The molecule has 0 amide bonds. The maximum atomic E-state index is 11.0. The minimum Gasteiger partial charge on any atom is -0.481 e. The molecule has 4 nitrogen and oxygen atoms in total. The van der Waals surface area contributed by atoms with Gasteiger partial charge in [-0.1, -0.05) is 6.07 Å². The topological polar surface area (TPSA) is 59.4 Å². The minimum atomic E-state index is -0.707. The Morgan fingerprint density at radius 2 is 2.22 bits per heavy atom. The van der Waals surface area contributed by atoms with E-state index in [1.165, 1.54) is 0 Å². The predicted molar refractivity (Wildman–Crippen MR) is 67.4 cm³/mol. The van der Waals surface area contributed by atoms with Gasteiger partial charge in [0.05, 0.1) is 11.6 Å². The quantitative estimate of drug-likeness (QED) is 0.891. The number of hydrogen-bond acceptors (Lipinski definition) is 3. The van der Waals surface area contributed by atoms with Crippen molar-refractivity contribution in [1.29, 1.82) is 0 Å². The fourth-order valence-electron chi connectivity index (χ4n) is 2.26. The monoisotopic (exact) mass is 249 g/mol. The lowest BCUT2D eigenvalue weighted by Gasteiger charge is -2.26. The molecule has 98 valence electrons. The first-order valence-corrected chi connectivity index (χ1v) is 6.21. The number of carboxylic acid groups (broad SMARTS) is 1. The number of aromatic nitrogens is 1. The average molecular weight is 249 g/mol. The van der Waals surface area contributed by atoms with E-state index in [9.17, 15) is 4.79 Å². The average Bonchev–Trinajstić information content (AvgIpc) is 2.37. The highest BCUT2D eigenvalue weighted by Gasteiger charge is 2.27. The molecule has 1 unspecified atom stereocenters.